The molecule has 1 aromatic heterocycles. The molecule has 0 radical (unpaired) electrons. The first kappa shape index (κ1) is 13.1. The van der Waals surface area contributed by atoms with Crippen LogP contribution >= 0.6 is 11.3 Å². The average Bonchev–Trinajstić information content (AvgIpc) is 2.80. The lowest BCUT2D eigenvalue weighted by atomic mass is 10.2. The number of benzene rings is 1. The second-order valence-corrected chi connectivity index (χ2v) is 5.38. The third-order valence-corrected chi connectivity index (χ3v) is 3.88. The lowest BCUT2D eigenvalue weighted by molar-refractivity contribution is 0.0914. The first-order valence-corrected chi connectivity index (χ1v) is 6.97. The van der Waals surface area contributed by atoms with Crippen molar-refractivity contribution in [3.63, 3.8) is 0 Å². The summed E-state index contributed by atoms with van der Waals surface area (Å²) >= 11 is 1.48. The van der Waals surface area contributed by atoms with E-state index in [1.165, 1.54) is 11.3 Å². The van der Waals surface area contributed by atoms with Crippen molar-refractivity contribution in [2.45, 2.75) is 25.9 Å². The molecule has 1 heterocycles. The monoisotopic (exact) mass is 263 g/mol. The third kappa shape index (κ3) is 3.09. The maximum atomic E-state index is 11.9. The minimum atomic E-state index is -0.451. The summed E-state index contributed by atoms with van der Waals surface area (Å²) in [6.07, 6.45) is 1.18. The predicted octanol–water partition coefficient (Wildman–Crippen LogP) is 2.79. The summed E-state index contributed by atoms with van der Waals surface area (Å²) in [6.45, 7) is 2.33. The normalized spacial score (nSPS) is 12.6. The van der Waals surface area contributed by atoms with Crippen LogP contribution in [-0.2, 0) is 0 Å². The zero-order chi connectivity index (χ0) is 13.0. The van der Waals surface area contributed by atoms with Crippen LogP contribution in [0.3, 0.4) is 0 Å². The summed E-state index contributed by atoms with van der Waals surface area (Å²) in [4.78, 5) is 12.6. The Morgan fingerprint density at radius 1 is 1.44 bits per heavy atom. The van der Waals surface area contributed by atoms with Gasteiger partial charge >= 0.3 is 0 Å². The summed E-state index contributed by atoms with van der Waals surface area (Å²) in [5.74, 6) is -0.105. The zero-order valence-electron chi connectivity index (χ0n) is 10.3. The van der Waals surface area contributed by atoms with Crippen molar-refractivity contribution in [1.29, 1.82) is 0 Å². The van der Waals surface area contributed by atoms with E-state index in [9.17, 15) is 9.90 Å². The van der Waals surface area contributed by atoms with Gasteiger partial charge in [-0.15, -0.1) is 11.3 Å². The molecule has 0 saturated carbocycles. The minimum Gasteiger partial charge on any atom is -0.391 e. The molecule has 0 unspecified atom stereocenters. The molecule has 96 valence electrons. The van der Waals surface area contributed by atoms with E-state index < -0.39 is 6.10 Å². The topological polar surface area (TPSA) is 49.3 Å². The number of carbonyl (C=O) groups is 1. The van der Waals surface area contributed by atoms with E-state index in [2.05, 4.69) is 5.32 Å². The van der Waals surface area contributed by atoms with Crippen molar-refractivity contribution < 1.29 is 9.90 Å². The number of thiophene rings is 1. The fourth-order valence-corrected chi connectivity index (χ4v) is 2.81. The number of fused-ring (bicyclic) bond motifs is 1. The molecule has 2 aromatic rings. The molecule has 2 rings (SSSR count). The molecule has 0 spiro atoms. The lowest BCUT2D eigenvalue weighted by Gasteiger charge is -2.09. The van der Waals surface area contributed by atoms with Gasteiger partial charge in [-0.3, -0.25) is 4.79 Å². The Kier molecular flexibility index (Phi) is 4.33. The number of aliphatic hydroxyl groups excluding tert-OH is 1. The number of hydrogen-bond acceptors (Lipinski definition) is 3. The Hall–Kier alpha value is -1.39. The molecular weight excluding hydrogens is 246 g/mol. The minimum absolute atomic E-state index is 0.105. The highest BCUT2D eigenvalue weighted by molar-refractivity contribution is 7.20. The molecule has 1 aromatic carbocycles. The number of amides is 1. The summed E-state index contributed by atoms with van der Waals surface area (Å²) in [5.41, 5.74) is 0. The summed E-state index contributed by atoms with van der Waals surface area (Å²) in [5, 5.41) is 13.4. The predicted molar refractivity (Wildman–Crippen MR) is 75.1 cm³/mol. The molecule has 1 amide bonds. The number of nitrogens with one attached hydrogen (secondary N) is 1. The van der Waals surface area contributed by atoms with Crippen molar-refractivity contribution in [1.82, 2.24) is 5.32 Å². The molecule has 0 aliphatic heterocycles. The molecule has 2 N–H and O–H groups in total. The summed E-state index contributed by atoms with van der Waals surface area (Å²) < 4.78 is 1.11. The largest absolute Gasteiger partial charge is 0.391 e. The number of rotatable bonds is 5. The highest BCUT2D eigenvalue weighted by atomic mass is 32.1. The van der Waals surface area contributed by atoms with Crippen molar-refractivity contribution in [3.8, 4) is 0 Å². The number of carbonyl (C=O) groups excluding carboxylic acids is 1. The van der Waals surface area contributed by atoms with E-state index in [1.54, 1.807) is 0 Å². The van der Waals surface area contributed by atoms with Crippen molar-refractivity contribution in [2.24, 2.45) is 0 Å². The third-order valence-electron chi connectivity index (χ3n) is 2.77. The molecule has 0 aliphatic rings. The Labute approximate surface area is 110 Å². The Morgan fingerprint density at radius 3 is 2.94 bits per heavy atom. The van der Waals surface area contributed by atoms with Gasteiger partial charge in [0.15, 0.2) is 0 Å². The van der Waals surface area contributed by atoms with Gasteiger partial charge in [-0.05, 0) is 23.9 Å². The van der Waals surface area contributed by atoms with Crippen LogP contribution in [0, 0.1) is 0 Å². The highest BCUT2D eigenvalue weighted by Crippen LogP contribution is 2.24. The average molecular weight is 263 g/mol. The lowest BCUT2D eigenvalue weighted by Crippen LogP contribution is -2.31. The van der Waals surface area contributed by atoms with Gasteiger partial charge < -0.3 is 10.4 Å². The van der Waals surface area contributed by atoms with E-state index in [4.69, 9.17) is 0 Å². The van der Waals surface area contributed by atoms with Crippen LogP contribution in [0.1, 0.15) is 29.4 Å². The quantitative estimate of drug-likeness (QED) is 0.871. The molecule has 0 saturated heterocycles. The van der Waals surface area contributed by atoms with Gasteiger partial charge in [-0.1, -0.05) is 31.5 Å². The molecular formula is C14H17NO2S. The fraction of sp³-hybridized carbons (Fsp3) is 0.357. The molecule has 1 atom stereocenters. The fourth-order valence-electron chi connectivity index (χ4n) is 1.83. The van der Waals surface area contributed by atoms with E-state index >= 15 is 0 Å². The molecule has 0 fully saturated rings. The number of hydrogen-bond donors (Lipinski definition) is 2. The van der Waals surface area contributed by atoms with Gasteiger partial charge in [-0.25, -0.2) is 0 Å². The van der Waals surface area contributed by atoms with Gasteiger partial charge in [0, 0.05) is 11.2 Å². The maximum absolute atomic E-state index is 11.9. The number of aliphatic hydroxyl groups is 1. The molecule has 0 aliphatic carbocycles. The second kappa shape index (κ2) is 5.98. The van der Waals surface area contributed by atoms with Crippen LogP contribution in [0.4, 0.5) is 0 Å². The Balaban J connectivity index is 2.00. The summed E-state index contributed by atoms with van der Waals surface area (Å²) in [7, 11) is 0. The van der Waals surface area contributed by atoms with Gasteiger partial charge in [0.2, 0.25) is 0 Å². The first-order chi connectivity index (χ1) is 8.70. The molecule has 3 nitrogen and oxygen atoms in total. The van der Waals surface area contributed by atoms with Crippen LogP contribution in [0.5, 0.6) is 0 Å². The zero-order valence-corrected chi connectivity index (χ0v) is 11.2. The van der Waals surface area contributed by atoms with Gasteiger partial charge in [0.25, 0.3) is 5.91 Å². The summed E-state index contributed by atoms with van der Waals surface area (Å²) in [6, 6.07) is 9.81. The van der Waals surface area contributed by atoms with Gasteiger partial charge in [0.05, 0.1) is 11.0 Å². The van der Waals surface area contributed by atoms with Gasteiger partial charge in [0.1, 0.15) is 0 Å². The Bertz CT molecular complexity index is 502. The first-order valence-electron chi connectivity index (χ1n) is 6.15. The van der Waals surface area contributed by atoms with E-state index in [0.717, 1.165) is 16.5 Å². The van der Waals surface area contributed by atoms with Gasteiger partial charge in [-0.2, -0.15) is 0 Å². The van der Waals surface area contributed by atoms with E-state index in [-0.39, 0.29) is 5.91 Å². The molecule has 18 heavy (non-hydrogen) atoms. The van der Waals surface area contributed by atoms with E-state index in [0.29, 0.717) is 17.8 Å². The van der Waals surface area contributed by atoms with Crippen molar-refractivity contribution in [2.75, 3.05) is 6.54 Å². The molecule has 4 heteroatoms. The smallest absolute Gasteiger partial charge is 0.261 e. The van der Waals surface area contributed by atoms with Crippen LogP contribution in [0.2, 0.25) is 0 Å². The standard InChI is InChI=1S/C14H17NO2S/c1-2-5-11(16)9-15-14(17)13-8-10-6-3-4-7-12(10)18-13/h3-4,6-8,11,16H,2,5,9H2,1H3,(H,15,17)/t11-/m1/s1. The van der Waals surface area contributed by atoms with Crippen LogP contribution in [0.15, 0.2) is 30.3 Å². The SMILES string of the molecule is CCC[C@@H](O)CNC(=O)c1cc2ccccc2s1. The van der Waals surface area contributed by atoms with Crippen molar-refractivity contribution in [3.05, 3.63) is 35.2 Å². The van der Waals surface area contributed by atoms with E-state index in [1.807, 2.05) is 37.3 Å². The molecule has 0 bridgehead atoms. The second-order valence-electron chi connectivity index (χ2n) is 4.30. The van der Waals surface area contributed by atoms with Crippen LogP contribution < -0.4 is 5.32 Å². The van der Waals surface area contributed by atoms with Crippen molar-refractivity contribution >= 4 is 27.3 Å². The highest BCUT2D eigenvalue weighted by Gasteiger charge is 2.11. The maximum Gasteiger partial charge on any atom is 0.261 e. The van der Waals surface area contributed by atoms with Crippen LogP contribution in [0.25, 0.3) is 10.1 Å². The Morgan fingerprint density at radius 2 is 2.22 bits per heavy atom. The van der Waals surface area contributed by atoms with Crippen LogP contribution in [-0.4, -0.2) is 23.7 Å².